The van der Waals surface area contributed by atoms with Crippen molar-refractivity contribution in [3.05, 3.63) is 11.6 Å². The molecule has 0 aromatic heterocycles. The summed E-state index contributed by atoms with van der Waals surface area (Å²) in [5.41, 5.74) is 0.686. The maximum Gasteiger partial charge on any atom is 0.410 e. The molecule has 0 radical (unpaired) electrons. The van der Waals surface area contributed by atoms with Crippen LogP contribution in [0.25, 0.3) is 0 Å². The van der Waals surface area contributed by atoms with Crippen molar-refractivity contribution in [3.8, 4) is 0 Å². The Labute approximate surface area is 212 Å². The molecule has 3 unspecified atom stereocenters. The lowest BCUT2D eigenvalue weighted by atomic mass is 9.68. The molecule has 6 rings (SSSR count). The van der Waals surface area contributed by atoms with Crippen LogP contribution in [0.3, 0.4) is 0 Å². The Morgan fingerprint density at radius 1 is 1.17 bits per heavy atom. The fraction of sp³-hybridized carbons (Fsp3) is 0.889. The van der Waals surface area contributed by atoms with Gasteiger partial charge >= 0.3 is 6.09 Å². The highest BCUT2D eigenvalue weighted by atomic mass is 19.3. The molecule has 8 atom stereocenters. The summed E-state index contributed by atoms with van der Waals surface area (Å²) in [6.07, 6.45) is 4.79. The summed E-state index contributed by atoms with van der Waals surface area (Å²) in [6.45, 7) is 10.2. The Morgan fingerprint density at radius 2 is 1.86 bits per heavy atom. The van der Waals surface area contributed by atoms with Gasteiger partial charge in [-0.1, -0.05) is 11.6 Å². The number of hydrogen-bond acceptors (Lipinski definition) is 6. The van der Waals surface area contributed by atoms with Crippen LogP contribution in [-0.2, 0) is 18.9 Å². The quantitative estimate of drug-likeness (QED) is 0.366. The Bertz CT molecular complexity index is 902. The number of epoxide rings is 2. The second-order valence-corrected chi connectivity index (χ2v) is 12.5. The molecule has 6 fully saturated rings. The van der Waals surface area contributed by atoms with E-state index in [-0.39, 0.29) is 41.5 Å². The van der Waals surface area contributed by atoms with Crippen molar-refractivity contribution < 1.29 is 32.5 Å². The highest BCUT2D eigenvalue weighted by molar-refractivity contribution is 5.69. The molecule has 7 nitrogen and oxygen atoms in total. The predicted octanol–water partition coefficient (Wildman–Crippen LogP) is 3.72. The van der Waals surface area contributed by atoms with Gasteiger partial charge in [0.2, 0.25) is 0 Å². The third-order valence-electron chi connectivity index (χ3n) is 9.83. The van der Waals surface area contributed by atoms with Crippen molar-refractivity contribution in [2.45, 2.75) is 81.9 Å². The SMILES string of the molecule is CO[C@H]1C([C@@]2(C)O[C@@H]2CC=C(C)C)[C@]2(CC[C@H]1OC(=O)N1CC(CCN3CC4C(C3)C4(F)F)C1)CO2. The number of alkyl halides is 2. The minimum absolute atomic E-state index is 0.0142. The number of halogens is 2. The second kappa shape index (κ2) is 8.61. The maximum atomic E-state index is 13.4. The van der Waals surface area contributed by atoms with Gasteiger partial charge in [-0.05, 0) is 58.9 Å². The van der Waals surface area contributed by atoms with Gasteiger partial charge in [-0.2, -0.15) is 0 Å². The number of amides is 1. The van der Waals surface area contributed by atoms with Crippen LogP contribution < -0.4 is 0 Å². The minimum atomic E-state index is -2.42. The summed E-state index contributed by atoms with van der Waals surface area (Å²) in [7, 11) is 1.69. The number of fused-ring (bicyclic) bond motifs is 1. The van der Waals surface area contributed by atoms with Crippen LogP contribution in [0.2, 0.25) is 0 Å². The van der Waals surface area contributed by atoms with Crippen molar-refractivity contribution in [2.24, 2.45) is 23.7 Å². The summed E-state index contributed by atoms with van der Waals surface area (Å²) in [6, 6.07) is 0. The molecule has 0 N–H and O–H groups in total. The first-order chi connectivity index (χ1) is 17.1. The summed E-state index contributed by atoms with van der Waals surface area (Å²) >= 11 is 0. The van der Waals surface area contributed by atoms with E-state index in [1.165, 1.54) is 5.57 Å². The van der Waals surface area contributed by atoms with Gasteiger partial charge in [-0.3, -0.25) is 0 Å². The maximum absolute atomic E-state index is 13.4. The molecule has 6 aliphatic rings. The predicted molar refractivity (Wildman–Crippen MR) is 128 cm³/mol. The summed E-state index contributed by atoms with van der Waals surface area (Å²) in [4.78, 5) is 16.9. The number of ether oxygens (including phenoxy) is 4. The average molecular weight is 511 g/mol. The molecule has 4 saturated heterocycles. The summed E-state index contributed by atoms with van der Waals surface area (Å²) < 4.78 is 51.0. The van der Waals surface area contributed by atoms with Gasteiger partial charge in [-0.15, -0.1) is 0 Å². The minimum Gasteiger partial charge on any atom is -0.443 e. The first-order valence-electron chi connectivity index (χ1n) is 13.6. The van der Waals surface area contributed by atoms with E-state index in [2.05, 4.69) is 31.7 Å². The molecule has 4 heterocycles. The lowest BCUT2D eigenvalue weighted by molar-refractivity contribution is -0.124. The van der Waals surface area contributed by atoms with Crippen LogP contribution in [0, 0.1) is 23.7 Å². The normalized spacial score (nSPS) is 44.7. The van der Waals surface area contributed by atoms with Gasteiger partial charge in [0, 0.05) is 45.1 Å². The number of carbonyl (C=O) groups is 1. The summed E-state index contributed by atoms with van der Waals surface area (Å²) in [5, 5.41) is 0. The van der Waals surface area contributed by atoms with Crippen molar-refractivity contribution in [1.82, 2.24) is 9.80 Å². The van der Waals surface area contributed by atoms with Gasteiger partial charge in [0.1, 0.15) is 23.4 Å². The zero-order chi connectivity index (χ0) is 25.5. The Morgan fingerprint density at radius 3 is 2.47 bits per heavy atom. The first kappa shape index (κ1) is 25.0. The van der Waals surface area contributed by atoms with Crippen LogP contribution in [0.4, 0.5) is 13.6 Å². The van der Waals surface area contributed by atoms with Gasteiger partial charge in [0.15, 0.2) is 0 Å². The molecular weight excluding hydrogens is 470 g/mol. The zero-order valence-electron chi connectivity index (χ0n) is 21.9. The van der Waals surface area contributed by atoms with Crippen molar-refractivity contribution in [2.75, 3.05) is 46.4 Å². The number of piperidine rings is 1. The molecule has 0 bridgehead atoms. The molecule has 2 saturated carbocycles. The van der Waals surface area contributed by atoms with Crippen LogP contribution in [0.5, 0.6) is 0 Å². The van der Waals surface area contributed by atoms with Crippen LogP contribution in [0.1, 0.15) is 46.5 Å². The van der Waals surface area contributed by atoms with Crippen molar-refractivity contribution >= 4 is 6.09 Å². The standard InChI is InChI=1S/C27H40F2N2O5/c1-16(2)5-6-21-25(3,36-21)23-22(33-4)20(7-9-26(23)15-34-26)35-24(32)31-11-17(12-31)8-10-30-13-18-19(14-30)27(18,28)29/h5,17-23H,6-15H2,1-4H3/t18?,19?,20-,21-,22-,23?,25+,26+/m1/s1. The largest absolute Gasteiger partial charge is 0.443 e. The topological polar surface area (TPSA) is 67.1 Å². The number of methoxy groups -OCH3 is 1. The molecule has 2 aliphatic carbocycles. The highest BCUT2D eigenvalue weighted by Gasteiger charge is 2.73. The number of likely N-dealkylation sites (tertiary alicyclic amines) is 2. The highest BCUT2D eigenvalue weighted by Crippen LogP contribution is 2.60. The number of carbonyl (C=O) groups excluding carboxylic acids is 1. The number of rotatable bonds is 8. The lowest BCUT2D eigenvalue weighted by Gasteiger charge is -2.44. The molecule has 4 aliphatic heterocycles. The van der Waals surface area contributed by atoms with E-state index in [0.29, 0.717) is 45.1 Å². The van der Waals surface area contributed by atoms with Crippen molar-refractivity contribution in [3.63, 3.8) is 0 Å². The lowest BCUT2D eigenvalue weighted by Crippen LogP contribution is -2.57. The molecule has 1 spiro atoms. The van der Waals surface area contributed by atoms with Crippen LogP contribution >= 0.6 is 0 Å². The number of hydrogen-bond donors (Lipinski definition) is 0. The molecule has 9 heteroatoms. The first-order valence-corrected chi connectivity index (χ1v) is 13.6. The van der Waals surface area contributed by atoms with Gasteiger partial charge in [-0.25, -0.2) is 13.6 Å². The fourth-order valence-electron chi connectivity index (χ4n) is 7.31. The van der Waals surface area contributed by atoms with E-state index in [1.807, 2.05) is 0 Å². The molecule has 0 aromatic carbocycles. The molecule has 36 heavy (non-hydrogen) atoms. The third-order valence-corrected chi connectivity index (χ3v) is 9.83. The van der Waals surface area contributed by atoms with E-state index in [0.717, 1.165) is 25.8 Å². The zero-order valence-corrected chi connectivity index (χ0v) is 21.9. The average Bonchev–Trinajstić information content (AvgIpc) is 3.72. The van der Waals surface area contributed by atoms with Crippen LogP contribution in [-0.4, -0.2) is 97.8 Å². The monoisotopic (exact) mass is 510 g/mol. The van der Waals surface area contributed by atoms with E-state index in [9.17, 15) is 13.6 Å². The third kappa shape index (κ3) is 4.18. The molecule has 0 aromatic rings. The number of nitrogens with zero attached hydrogens (tertiary/aromatic N) is 2. The second-order valence-electron chi connectivity index (χ2n) is 12.5. The van der Waals surface area contributed by atoms with Crippen molar-refractivity contribution in [1.29, 1.82) is 0 Å². The Balaban J connectivity index is 0.994. The number of allylic oxidation sites excluding steroid dienone is 1. The van der Waals surface area contributed by atoms with E-state index < -0.39 is 17.8 Å². The van der Waals surface area contributed by atoms with Gasteiger partial charge in [0.05, 0.1) is 18.6 Å². The Hall–Kier alpha value is -1.29. The van der Waals surface area contributed by atoms with E-state index in [4.69, 9.17) is 18.9 Å². The van der Waals surface area contributed by atoms with E-state index in [1.54, 1.807) is 12.0 Å². The van der Waals surface area contributed by atoms with E-state index >= 15 is 0 Å². The summed E-state index contributed by atoms with van der Waals surface area (Å²) in [5.74, 6) is -2.86. The molecular formula is C27H40F2N2O5. The van der Waals surface area contributed by atoms with Gasteiger partial charge < -0.3 is 28.7 Å². The van der Waals surface area contributed by atoms with Gasteiger partial charge in [0.25, 0.3) is 5.92 Å². The molecule has 1 amide bonds. The Kier molecular flexibility index (Phi) is 5.98. The smallest absolute Gasteiger partial charge is 0.410 e. The fourth-order valence-corrected chi connectivity index (χ4v) is 7.31. The molecule has 202 valence electrons. The van der Waals surface area contributed by atoms with Crippen LogP contribution in [0.15, 0.2) is 11.6 Å².